The molecule has 1 unspecified atom stereocenters. The summed E-state index contributed by atoms with van der Waals surface area (Å²) in [6.07, 6.45) is 3.61. The monoisotopic (exact) mass is 477 g/mol. The van der Waals surface area contributed by atoms with E-state index in [1.165, 1.54) is 5.01 Å². The van der Waals surface area contributed by atoms with Crippen molar-refractivity contribution < 1.29 is 0 Å². The predicted octanol–water partition coefficient (Wildman–Crippen LogP) is 3.28. The van der Waals surface area contributed by atoms with Gasteiger partial charge in [0, 0.05) is 53.3 Å². The summed E-state index contributed by atoms with van der Waals surface area (Å²) in [6, 6.07) is 3.83. The molecule has 33 heavy (non-hydrogen) atoms. The molecule has 1 aromatic carbocycles. The summed E-state index contributed by atoms with van der Waals surface area (Å²) in [6.45, 7) is 4.49. The van der Waals surface area contributed by atoms with E-state index in [0.717, 1.165) is 41.1 Å². The molecule has 9 nitrogen and oxygen atoms in total. The molecule has 5 heterocycles. The number of aromatic nitrogens is 7. The van der Waals surface area contributed by atoms with Crippen LogP contribution in [0.4, 0.5) is 5.82 Å². The lowest BCUT2D eigenvalue weighted by Gasteiger charge is -2.25. The standard InChI is InChI=1S/C22H20ClN9S/c1-10-8-33-21(27-10)22(9-24)13-6-32(7-14(13)22)16-5-25-19-18(30-31-20(19)28-16)11-2-3-15-12(17(11)23)4-26-29-15/h2-5,8,13-14H,6-7,9,24H2,1H3,(H,26,29)(H,28,30,31)/t13-,14+,22?. The lowest BCUT2D eigenvalue weighted by molar-refractivity contribution is 0.549. The summed E-state index contributed by atoms with van der Waals surface area (Å²) in [5, 5.41) is 19.3. The zero-order chi connectivity index (χ0) is 22.3. The lowest BCUT2D eigenvalue weighted by atomic mass is 10.0. The number of nitrogens with two attached hydrogens (primary N) is 1. The first-order valence-electron chi connectivity index (χ1n) is 10.8. The van der Waals surface area contributed by atoms with E-state index in [2.05, 4.69) is 30.7 Å². The number of fused-ring (bicyclic) bond motifs is 3. The Morgan fingerprint density at radius 2 is 2.09 bits per heavy atom. The van der Waals surface area contributed by atoms with Crippen LogP contribution in [0.1, 0.15) is 10.7 Å². The van der Waals surface area contributed by atoms with Crippen molar-refractivity contribution in [2.24, 2.45) is 17.6 Å². The van der Waals surface area contributed by atoms with Gasteiger partial charge in [0.2, 0.25) is 0 Å². The van der Waals surface area contributed by atoms with Crippen molar-refractivity contribution >= 4 is 50.8 Å². The van der Waals surface area contributed by atoms with Crippen molar-refractivity contribution in [2.75, 3.05) is 24.5 Å². The van der Waals surface area contributed by atoms with Crippen molar-refractivity contribution in [3.63, 3.8) is 0 Å². The number of piperidine rings is 1. The van der Waals surface area contributed by atoms with E-state index in [1.807, 2.05) is 25.3 Å². The van der Waals surface area contributed by atoms with Crippen molar-refractivity contribution in [1.82, 2.24) is 35.3 Å². The second-order valence-corrected chi connectivity index (χ2v) is 10.1. The third-order valence-corrected chi connectivity index (χ3v) is 8.84. The molecule has 2 aliphatic rings. The zero-order valence-corrected chi connectivity index (χ0v) is 19.3. The van der Waals surface area contributed by atoms with Crippen molar-refractivity contribution in [2.45, 2.75) is 12.3 Å². The van der Waals surface area contributed by atoms with Crippen LogP contribution < -0.4 is 10.6 Å². The molecule has 1 saturated heterocycles. The van der Waals surface area contributed by atoms with Gasteiger partial charge in [-0.3, -0.25) is 10.2 Å². The molecule has 0 bridgehead atoms. The fourth-order valence-electron chi connectivity index (χ4n) is 5.50. The second kappa shape index (κ2) is 6.72. The number of hydrogen-bond acceptors (Lipinski definition) is 8. The number of aryl methyl sites for hydroxylation is 1. The molecule has 5 aromatic rings. The molecule has 11 heteroatoms. The quantitative estimate of drug-likeness (QED) is 0.362. The third-order valence-electron chi connectivity index (χ3n) is 7.28. The maximum absolute atomic E-state index is 6.64. The van der Waals surface area contributed by atoms with Crippen molar-refractivity contribution in [3.8, 4) is 11.3 Å². The Labute approximate surface area is 197 Å². The van der Waals surface area contributed by atoms with Gasteiger partial charge in [-0.15, -0.1) is 11.3 Å². The molecule has 4 aromatic heterocycles. The van der Waals surface area contributed by atoms with Gasteiger partial charge >= 0.3 is 0 Å². The highest BCUT2D eigenvalue weighted by molar-refractivity contribution is 7.09. The zero-order valence-electron chi connectivity index (χ0n) is 17.7. The first-order chi connectivity index (χ1) is 16.1. The van der Waals surface area contributed by atoms with E-state index in [4.69, 9.17) is 32.3 Å². The minimum Gasteiger partial charge on any atom is -0.355 e. The Morgan fingerprint density at radius 3 is 2.85 bits per heavy atom. The van der Waals surface area contributed by atoms with Gasteiger partial charge in [0.15, 0.2) is 5.65 Å². The lowest BCUT2D eigenvalue weighted by Crippen LogP contribution is -2.35. The van der Waals surface area contributed by atoms with Crippen LogP contribution in [0.15, 0.2) is 29.9 Å². The number of halogens is 1. The van der Waals surface area contributed by atoms with E-state index in [0.29, 0.717) is 40.3 Å². The Hall–Kier alpha value is -3.08. The van der Waals surface area contributed by atoms with Gasteiger partial charge in [0.25, 0.3) is 0 Å². The third kappa shape index (κ3) is 2.59. The van der Waals surface area contributed by atoms with Gasteiger partial charge in [-0.25, -0.2) is 15.0 Å². The summed E-state index contributed by atoms with van der Waals surface area (Å²) >= 11 is 8.37. The van der Waals surface area contributed by atoms with E-state index in [9.17, 15) is 0 Å². The highest BCUT2D eigenvalue weighted by Crippen LogP contribution is 2.63. The van der Waals surface area contributed by atoms with Gasteiger partial charge in [-0.05, 0) is 30.9 Å². The highest BCUT2D eigenvalue weighted by Gasteiger charge is 2.69. The molecular weight excluding hydrogens is 458 g/mol. The van der Waals surface area contributed by atoms with Gasteiger partial charge < -0.3 is 10.6 Å². The SMILES string of the molecule is Cc1csc(C2(CN)[C@@H]3CN(c4cnc5c(-c6ccc7n[nH]cc7c6Cl)n[nH]c5n4)C[C@@H]32)n1. The number of aromatic amines is 2. The van der Waals surface area contributed by atoms with Crippen LogP contribution in [0.2, 0.25) is 5.02 Å². The van der Waals surface area contributed by atoms with Gasteiger partial charge in [-0.2, -0.15) is 10.2 Å². The first-order valence-corrected chi connectivity index (χ1v) is 12.1. The summed E-state index contributed by atoms with van der Waals surface area (Å²) in [7, 11) is 0. The smallest absolute Gasteiger partial charge is 0.177 e. The molecule has 1 aliphatic heterocycles. The van der Waals surface area contributed by atoms with E-state index >= 15 is 0 Å². The molecule has 0 spiro atoms. The predicted molar refractivity (Wildman–Crippen MR) is 129 cm³/mol. The van der Waals surface area contributed by atoms with Crippen LogP contribution in [0.3, 0.4) is 0 Å². The average Bonchev–Trinajstić information content (AvgIpc) is 3.46. The Bertz CT molecular complexity index is 1520. The van der Waals surface area contributed by atoms with E-state index in [-0.39, 0.29) is 5.41 Å². The summed E-state index contributed by atoms with van der Waals surface area (Å²) < 4.78 is 0. The molecule has 0 amide bonds. The molecular formula is C22H20ClN9S. The van der Waals surface area contributed by atoms with E-state index in [1.54, 1.807) is 17.5 Å². The Kier molecular flexibility index (Phi) is 3.95. The topological polar surface area (TPSA) is 125 Å². The molecule has 0 radical (unpaired) electrons. The fourth-order valence-corrected chi connectivity index (χ4v) is 6.94. The van der Waals surface area contributed by atoms with Crippen LogP contribution in [-0.2, 0) is 5.41 Å². The Morgan fingerprint density at radius 1 is 1.24 bits per heavy atom. The molecule has 166 valence electrons. The maximum Gasteiger partial charge on any atom is 0.177 e. The molecule has 2 fully saturated rings. The number of nitrogens with zero attached hydrogens (tertiary/aromatic N) is 6. The molecule has 3 atom stereocenters. The van der Waals surface area contributed by atoms with Crippen LogP contribution in [0, 0.1) is 18.8 Å². The van der Waals surface area contributed by atoms with Crippen molar-refractivity contribution in [1.29, 1.82) is 0 Å². The minimum absolute atomic E-state index is 0.0244. The van der Waals surface area contributed by atoms with Gasteiger partial charge in [0.05, 0.1) is 16.7 Å². The summed E-state index contributed by atoms with van der Waals surface area (Å²) in [5.74, 6) is 1.86. The number of thiazole rings is 1. The van der Waals surface area contributed by atoms with Gasteiger partial charge in [-0.1, -0.05) is 11.6 Å². The molecule has 4 N–H and O–H groups in total. The number of hydrogen-bond donors (Lipinski definition) is 3. The van der Waals surface area contributed by atoms with Crippen molar-refractivity contribution in [3.05, 3.63) is 45.6 Å². The van der Waals surface area contributed by atoms with Crippen LogP contribution in [0.5, 0.6) is 0 Å². The Balaban J connectivity index is 1.18. The molecule has 1 saturated carbocycles. The van der Waals surface area contributed by atoms with E-state index < -0.39 is 0 Å². The molecule has 1 aliphatic carbocycles. The van der Waals surface area contributed by atoms with Crippen LogP contribution >= 0.6 is 22.9 Å². The number of nitrogens with one attached hydrogen (secondary N) is 2. The van der Waals surface area contributed by atoms with Crippen LogP contribution in [0.25, 0.3) is 33.3 Å². The fraction of sp³-hybridized carbons (Fsp3) is 0.318. The number of rotatable bonds is 4. The average molecular weight is 478 g/mol. The largest absolute Gasteiger partial charge is 0.355 e. The number of benzene rings is 1. The maximum atomic E-state index is 6.64. The highest BCUT2D eigenvalue weighted by atomic mass is 35.5. The number of anilines is 1. The second-order valence-electron chi connectivity index (χ2n) is 8.90. The summed E-state index contributed by atoms with van der Waals surface area (Å²) in [5.41, 5.74) is 11.0. The summed E-state index contributed by atoms with van der Waals surface area (Å²) in [4.78, 5) is 16.6. The van der Waals surface area contributed by atoms with Crippen LogP contribution in [-0.4, -0.2) is 55.0 Å². The normalized spacial score (nSPS) is 24.2. The number of H-pyrrole nitrogens is 2. The first kappa shape index (κ1) is 19.4. The molecule has 7 rings (SSSR count). The minimum atomic E-state index is 0.0244. The van der Waals surface area contributed by atoms with Gasteiger partial charge in [0.1, 0.15) is 22.0 Å².